The molecular weight excluding hydrogens is 672 g/mol. The Kier molecular flexibility index (Phi) is 7.85. The fraction of sp³-hybridized carbons (Fsp3) is 0.333. The van der Waals surface area contributed by atoms with Crippen molar-refractivity contribution in [2.24, 2.45) is 0 Å². The van der Waals surface area contributed by atoms with Crippen LogP contribution in [-0.2, 0) is 9.47 Å². The van der Waals surface area contributed by atoms with Crippen molar-refractivity contribution in [3.8, 4) is 12.1 Å². The van der Waals surface area contributed by atoms with Gasteiger partial charge in [0.15, 0.2) is 0 Å². The number of halogens is 2. The molecule has 2 aliphatic rings. The van der Waals surface area contributed by atoms with Crippen LogP contribution >= 0.6 is 31.9 Å². The van der Waals surface area contributed by atoms with Crippen LogP contribution in [-0.4, -0.2) is 54.9 Å². The second kappa shape index (κ2) is 10.5. The number of nitriles is 2. The molecule has 0 bridgehead atoms. The number of fused-ring (bicyclic) bond motifs is 1. The summed E-state index contributed by atoms with van der Waals surface area (Å²) in [4.78, 5) is 28.9. The lowest BCUT2D eigenvalue weighted by Gasteiger charge is -2.36. The zero-order valence-electron chi connectivity index (χ0n) is 23.7. The molecule has 2 unspecified atom stereocenters. The fourth-order valence-corrected chi connectivity index (χ4v) is 5.25. The van der Waals surface area contributed by atoms with Gasteiger partial charge in [-0.1, -0.05) is 56.1 Å². The molecule has 4 rings (SSSR count). The number of rotatable bonds is 2. The number of benzene rings is 2. The van der Waals surface area contributed by atoms with E-state index in [0.717, 1.165) is 0 Å². The smallest absolute Gasteiger partial charge is 0.418 e. The summed E-state index contributed by atoms with van der Waals surface area (Å²) >= 11 is 6.72. The average molecular weight is 700 g/mol. The van der Waals surface area contributed by atoms with Gasteiger partial charge in [0.2, 0.25) is 0 Å². The molecule has 2 aromatic rings. The molecule has 0 fully saturated rings. The van der Waals surface area contributed by atoms with Crippen molar-refractivity contribution in [3.63, 3.8) is 0 Å². The van der Waals surface area contributed by atoms with Gasteiger partial charge in [-0.15, -0.1) is 0 Å². The number of amides is 2. The van der Waals surface area contributed by atoms with Crippen LogP contribution in [0.1, 0.15) is 52.7 Å². The maximum Gasteiger partial charge on any atom is 0.418 e. The van der Waals surface area contributed by atoms with Crippen molar-refractivity contribution >= 4 is 55.4 Å². The molecule has 218 valence electrons. The first-order chi connectivity index (χ1) is 19.4. The van der Waals surface area contributed by atoms with E-state index >= 15 is 0 Å². The van der Waals surface area contributed by atoms with E-state index in [1.165, 1.54) is 0 Å². The first-order valence-electron chi connectivity index (χ1n) is 12.7. The minimum absolute atomic E-state index is 0.194. The standard InChI is InChI=1S/C30H28Br2N4O6/c1-27(2,3)41-25(37)35-23(17-7-11-19(31)12-8-17)21-22(29(35,39)15-33)24(18-9-13-20(32)14-10-18)36(30(21,40)16-34)26(38)42-28(4,5)6/h7-14,39-40H,1-6H3. The third-order valence-corrected chi connectivity index (χ3v) is 7.27. The van der Waals surface area contributed by atoms with E-state index in [1.54, 1.807) is 102 Å². The molecular formula is C30H28Br2N4O6. The zero-order valence-corrected chi connectivity index (χ0v) is 26.9. The van der Waals surface area contributed by atoms with E-state index in [9.17, 15) is 30.3 Å². The van der Waals surface area contributed by atoms with Crippen molar-refractivity contribution in [2.75, 3.05) is 0 Å². The number of carbonyl (C=O) groups excluding carboxylic acids is 2. The number of ether oxygens (including phenoxy) is 2. The highest BCUT2D eigenvalue weighted by Gasteiger charge is 2.67. The van der Waals surface area contributed by atoms with Gasteiger partial charge < -0.3 is 19.7 Å². The highest BCUT2D eigenvalue weighted by Crippen LogP contribution is 2.58. The summed E-state index contributed by atoms with van der Waals surface area (Å²) in [5.41, 5.74) is -8.32. The largest absolute Gasteiger partial charge is 0.443 e. The SMILES string of the molecule is CC(C)(C)OC(=O)N1C(c2ccc(Br)cc2)=C2C(=C(c3ccc(Br)cc3)N(C(=O)OC(C)(C)C)C2(O)C#N)C1(O)C#N. The van der Waals surface area contributed by atoms with Crippen LogP contribution in [0.2, 0.25) is 0 Å². The Morgan fingerprint density at radius 2 is 0.976 bits per heavy atom. The van der Waals surface area contributed by atoms with Crippen LogP contribution in [0.4, 0.5) is 9.59 Å². The predicted octanol–water partition coefficient (Wildman–Crippen LogP) is 6.26. The number of carbonyl (C=O) groups is 2. The van der Waals surface area contributed by atoms with Crippen molar-refractivity contribution in [1.29, 1.82) is 10.5 Å². The molecule has 2 N–H and O–H groups in total. The Labute approximate surface area is 260 Å². The van der Waals surface area contributed by atoms with Gasteiger partial charge in [0.1, 0.15) is 23.3 Å². The van der Waals surface area contributed by atoms with Gasteiger partial charge in [-0.3, -0.25) is 0 Å². The maximum absolute atomic E-state index is 13.8. The average Bonchev–Trinajstić information content (AvgIpc) is 3.31. The molecule has 0 aliphatic carbocycles. The molecule has 0 spiro atoms. The van der Waals surface area contributed by atoms with Gasteiger partial charge in [-0.2, -0.15) is 10.5 Å². The lowest BCUT2D eigenvalue weighted by molar-refractivity contribution is -0.0183. The molecule has 0 aromatic heterocycles. The molecule has 0 saturated carbocycles. The third kappa shape index (κ3) is 5.32. The second-order valence-electron chi connectivity index (χ2n) is 11.7. The van der Waals surface area contributed by atoms with Gasteiger partial charge >= 0.3 is 12.2 Å². The molecule has 2 atom stereocenters. The molecule has 0 saturated heterocycles. The minimum atomic E-state index is -2.83. The summed E-state index contributed by atoms with van der Waals surface area (Å²) in [6, 6.07) is 16.4. The maximum atomic E-state index is 13.8. The van der Waals surface area contributed by atoms with Gasteiger partial charge in [-0.05, 0) is 76.9 Å². The number of hydrogen-bond acceptors (Lipinski definition) is 8. The Bertz CT molecular complexity index is 1490. The summed E-state index contributed by atoms with van der Waals surface area (Å²) in [7, 11) is 0. The van der Waals surface area contributed by atoms with Crippen molar-refractivity contribution in [3.05, 3.63) is 79.7 Å². The van der Waals surface area contributed by atoms with Gasteiger partial charge in [0.25, 0.3) is 11.4 Å². The van der Waals surface area contributed by atoms with Crippen LogP contribution in [0, 0.1) is 22.7 Å². The summed E-state index contributed by atoms with van der Waals surface area (Å²) in [5, 5.41) is 45.4. The van der Waals surface area contributed by atoms with E-state index < -0.39 is 34.8 Å². The molecule has 0 radical (unpaired) electrons. The Hall–Kier alpha value is -3.68. The van der Waals surface area contributed by atoms with Gasteiger partial charge in [-0.25, -0.2) is 19.4 Å². The molecule has 12 heteroatoms. The van der Waals surface area contributed by atoms with Crippen molar-refractivity contribution < 1.29 is 29.3 Å². The van der Waals surface area contributed by atoms with E-state index in [1.807, 2.05) is 0 Å². The number of nitrogens with zero attached hydrogens (tertiary/aromatic N) is 4. The van der Waals surface area contributed by atoms with Crippen LogP contribution < -0.4 is 0 Å². The van der Waals surface area contributed by atoms with Crippen molar-refractivity contribution in [2.45, 2.75) is 64.2 Å². The van der Waals surface area contributed by atoms with E-state index in [2.05, 4.69) is 31.9 Å². The molecule has 42 heavy (non-hydrogen) atoms. The predicted molar refractivity (Wildman–Crippen MR) is 159 cm³/mol. The van der Waals surface area contributed by atoms with E-state index in [4.69, 9.17) is 9.47 Å². The van der Waals surface area contributed by atoms with Crippen LogP contribution in [0.15, 0.2) is 68.6 Å². The van der Waals surface area contributed by atoms with Gasteiger partial charge in [0, 0.05) is 8.95 Å². The lowest BCUT2D eigenvalue weighted by atomic mass is 9.92. The molecule has 2 aromatic carbocycles. The quantitative estimate of drug-likeness (QED) is 0.349. The Balaban J connectivity index is 2.20. The lowest BCUT2D eigenvalue weighted by Crippen LogP contribution is -2.51. The molecule has 2 amide bonds. The first-order valence-corrected chi connectivity index (χ1v) is 14.3. The third-order valence-electron chi connectivity index (χ3n) is 6.21. The Morgan fingerprint density at radius 1 is 0.690 bits per heavy atom. The highest BCUT2D eigenvalue weighted by molar-refractivity contribution is 9.10. The van der Waals surface area contributed by atoms with Crippen LogP contribution in [0.25, 0.3) is 11.4 Å². The fourth-order valence-electron chi connectivity index (χ4n) is 4.72. The topological polar surface area (TPSA) is 147 Å². The first kappa shape index (κ1) is 31.3. The highest BCUT2D eigenvalue weighted by atomic mass is 79.9. The van der Waals surface area contributed by atoms with Crippen LogP contribution in [0.5, 0.6) is 0 Å². The number of aliphatic hydroxyl groups is 2. The molecule has 10 nitrogen and oxygen atoms in total. The summed E-state index contributed by atoms with van der Waals surface area (Å²) in [6.07, 6.45) is -2.23. The van der Waals surface area contributed by atoms with Crippen molar-refractivity contribution in [1.82, 2.24) is 9.80 Å². The van der Waals surface area contributed by atoms with Crippen LogP contribution in [0.3, 0.4) is 0 Å². The summed E-state index contributed by atoms with van der Waals surface area (Å²) < 4.78 is 12.5. The number of hydrogen-bond donors (Lipinski definition) is 2. The zero-order chi connectivity index (χ0) is 31.4. The monoisotopic (exact) mass is 698 g/mol. The summed E-state index contributed by atoms with van der Waals surface area (Å²) in [6.45, 7) is 9.68. The summed E-state index contributed by atoms with van der Waals surface area (Å²) in [5.74, 6) is 0. The second-order valence-corrected chi connectivity index (χ2v) is 13.5. The molecule has 2 heterocycles. The Morgan fingerprint density at radius 3 is 1.21 bits per heavy atom. The van der Waals surface area contributed by atoms with E-state index in [-0.39, 0.29) is 33.7 Å². The van der Waals surface area contributed by atoms with E-state index in [0.29, 0.717) is 18.7 Å². The molecule has 2 aliphatic heterocycles. The normalized spacial score (nSPS) is 22.1. The minimum Gasteiger partial charge on any atom is -0.443 e. The van der Waals surface area contributed by atoms with Gasteiger partial charge in [0.05, 0.1) is 22.5 Å².